The number of furan rings is 1. The Bertz CT molecular complexity index is 634. The van der Waals surface area contributed by atoms with Gasteiger partial charge in [0.1, 0.15) is 0 Å². The molecule has 1 aliphatic rings. The molecule has 0 aliphatic heterocycles. The third-order valence-electron chi connectivity index (χ3n) is 3.28. The SMILES string of the molecule is CCC(=S)Oc1oc2c(c1C)C(=O)C(C)=C(C)C2=O. The molecule has 1 aromatic rings. The van der Waals surface area contributed by atoms with Crippen LogP contribution in [0.5, 0.6) is 5.95 Å². The topological polar surface area (TPSA) is 56.5 Å². The van der Waals surface area contributed by atoms with Crippen molar-refractivity contribution >= 4 is 28.8 Å². The number of thiocarbonyl (C=S) groups is 1. The van der Waals surface area contributed by atoms with Crippen LogP contribution in [0.4, 0.5) is 0 Å². The molecule has 0 bridgehead atoms. The highest BCUT2D eigenvalue weighted by molar-refractivity contribution is 7.80. The monoisotopic (exact) mass is 278 g/mol. The Morgan fingerprint density at radius 3 is 2.32 bits per heavy atom. The number of ketones is 2. The first-order chi connectivity index (χ1) is 8.88. The second-order valence-electron chi connectivity index (χ2n) is 4.45. The summed E-state index contributed by atoms with van der Waals surface area (Å²) in [4.78, 5) is 24.3. The molecule has 0 unspecified atom stereocenters. The van der Waals surface area contributed by atoms with E-state index < -0.39 is 0 Å². The first-order valence-electron chi connectivity index (χ1n) is 5.99. The number of fused-ring (bicyclic) bond motifs is 1. The second kappa shape index (κ2) is 4.74. The van der Waals surface area contributed by atoms with Crippen LogP contribution in [0.3, 0.4) is 0 Å². The van der Waals surface area contributed by atoms with E-state index in [1.807, 2.05) is 6.92 Å². The minimum atomic E-state index is -0.271. The van der Waals surface area contributed by atoms with Crippen molar-refractivity contribution in [3.8, 4) is 5.95 Å². The van der Waals surface area contributed by atoms with Crippen LogP contribution in [-0.2, 0) is 0 Å². The molecule has 0 amide bonds. The molecule has 0 radical (unpaired) electrons. The molecule has 19 heavy (non-hydrogen) atoms. The number of hydrogen-bond donors (Lipinski definition) is 0. The van der Waals surface area contributed by atoms with E-state index in [2.05, 4.69) is 0 Å². The minimum absolute atomic E-state index is 0.0551. The average Bonchev–Trinajstić information content (AvgIpc) is 2.71. The number of rotatable bonds is 2. The summed E-state index contributed by atoms with van der Waals surface area (Å²) in [5, 5.41) is 0.357. The lowest BCUT2D eigenvalue weighted by Gasteiger charge is -2.11. The van der Waals surface area contributed by atoms with Crippen LogP contribution >= 0.6 is 12.2 Å². The molecule has 0 N–H and O–H groups in total. The maximum atomic E-state index is 12.2. The fourth-order valence-corrected chi connectivity index (χ4v) is 1.97. The summed E-state index contributed by atoms with van der Waals surface area (Å²) in [7, 11) is 0. The Kier molecular flexibility index (Phi) is 3.41. The first kappa shape index (κ1) is 13.7. The molecule has 0 spiro atoms. The highest BCUT2D eigenvalue weighted by atomic mass is 32.1. The maximum Gasteiger partial charge on any atom is 0.294 e. The number of hydrogen-bond acceptors (Lipinski definition) is 5. The van der Waals surface area contributed by atoms with Crippen molar-refractivity contribution in [3.05, 3.63) is 28.0 Å². The van der Waals surface area contributed by atoms with Crippen molar-refractivity contribution in [2.45, 2.75) is 34.1 Å². The third-order valence-corrected chi connectivity index (χ3v) is 3.65. The van der Waals surface area contributed by atoms with Crippen molar-refractivity contribution in [2.24, 2.45) is 0 Å². The lowest BCUT2D eigenvalue weighted by atomic mass is 9.88. The van der Waals surface area contributed by atoms with Gasteiger partial charge in [0, 0.05) is 23.1 Å². The molecular formula is C14H14O4S. The van der Waals surface area contributed by atoms with E-state index in [1.165, 1.54) is 0 Å². The Morgan fingerprint density at radius 1 is 1.16 bits per heavy atom. The van der Waals surface area contributed by atoms with E-state index >= 15 is 0 Å². The van der Waals surface area contributed by atoms with Gasteiger partial charge in [-0.1, -0.05) is 6.92 Å². The summed E-state index contributed by atoms with van der Waals surface area (Å²) >= 11 is 4.98. The van der Waals surface area contributed by atoms with Crippen molar-refractivity contribution in [1.29, 1.82) is 0 Å². The van der Waals surface area contributed by atoms with Crippen LogP contribution in [0.15, 0.2) is 15.6 Å². The molecule has 0 aromatic carbocycles. The van der Waals surface area contributed by atoms with Crippen LogP contribution in [-0.4, -0.2) is 16.6 Å². The van der Waals surface area contributed by atoms with Gasteiger partial charge in [0.05, 0.1) is 5.56 Å². The zero-order valence-electron chi connectivity index (χ0n) is 11.2. The van der Waals surface area contributed by atoms with Gasteiger partial charge in [0.25, 0.3) is 5.95 Å². The maximum absolute atomic E-state index is 12.2. The minimum Gasteiger partial charge on any atom is -0.421 e. The van der Waals surface area contributed by atoms with E-state index in [-0.39, 0.29) is 23.3 Å². The Labute approximate surface area is 116 Å². The van der Waals surface area contributed by atoms with E-state index in [9.17, 15) is 9.59 Å². The van der Waals surface area contributed by atoms with Crippen LogP contribution in [0.2, 0.25) is 0 Å². The van der Waals surface area contributed by atoms with E-state index in [0.29, 0.717) is 33.7 Å². The van der Waals surface area contributed by atoms with Gasteiger partial charge in [-0.2, -0.15) is 0 Å². The molecule has 0 atom stereocenters. The summed E-state index contributed by atoms with van der Waals surface area (Å²) in [6.45, 7) is 6.80. The van der Waals surface area contributed by atoms with E-state index in [1.54, 1.807) is 20.8 Å². The normalized spacial score (nSPS) is 14.7. The molecule has 4 nitrogen and oxygen atoms in total. The lowest BCUT2D eigenvalue weighted by Crippen LogP contribution is -2.18. The predicted molar refractivity (Wildman–Crippen MR) is 74.0 cm³/mol. The summed E-state index contributed by atoms with van der Waals surface area (Å²) < 4.78 is 10.8. The average molecular weight is 278 g/mol. The quantitative estimate of drug-likeness (QED) is 0.776. The van der Waals surface area contributed by atoms with Crippen LogP contribution in [0.1, 0.15) is 53.7 Å². The molecule has 0 saturated carbocycles. The molecular weight excluding hydrogens is 264 g/mol. The molecule has 100 valence electrons. The molecule has 5 heteroatoms. The second-order valence-corrected chi connectivity index (χ2v) is 4.91. The summed E-state index contributed by atoms with van der Waals surface area (Å²) in [6.07, 6.45) is 0.554. The highest BCUT2D eigenvalue weighted by Gasteiger charge is 2.35. The zero-order valence-corrected chi connectivity index (χ0v) is 12.1. The molecule has 1 aromatic heterocycles. The van der Waals surface area contributed by atoms with Crippen LogP contribution in [0.25, 0.3) is 0 Å². The number of carbonyl (C=O) groups excluding carboxylic acids is 2. The summed E-state index contributed by atoms with van der Waals surface area (Å²) in [5.41, 5.74) is 1.68. The van der Waals surface area contributed by atoms with Crippen LogP contribution in [0, 0.1) is 6.92 Å². The van der Waals surface area contributed by atoms with Gasteiger partial charge in [-0.05, 0) is 33.0 Å². The summed E-state index contributed by atoms with van der Waals surface area (Å²) in [5.74, 6) is -0.265. The van der Waals surface area contributed by atoms with Gasteiger partial charge in [0.15, 0.2) is 16.6 Å². The fourth-order valence-electron chi connectivity index (χ4n) is 1.90. The zero-order chi connectivity index (χ0) is 14.3. The molecule has 0 saturated heterocycles. The highest BCUT2D eigenvalue weighted by Crippen LogP contribution is 2.36. The largest absolute Gasteiger partial charge is 0.421 e. The Hall–Kier alpha value is -1.75. The molecule has 0 fully saturated rings. The van der Waals surface area contributed by atoms with Gasteiger partial charge >= 0.3 is 0 Å². The van der Waals surface area contributed by atoms with Gasteiger partial charge in [-0.3, -0.25) is 9.59 Å². The van der Waals surface area contributed by atoms with Crippen molar-refractivity contribution in [2.75, 3.05) is 0 Å². The number of ether oxygens (including phenoxy) is 1. The predicted octanol–water partition coefficient (Wildman–Crippen LogP) is 3.42. The smallest absolute Gasteiger partial charge is 0.294 e. The molecule has 1 heterocycles. The molecule has 1 aliphatic carbocycles. The lowest BCUT2D eigenvalue weighted by molar-refractivity contribution is 0.0954. The van der Waals surface area contributed by atoms with Crippen LogP contribution < -0.4 is 4.74 Å². The number of Topliss-reactive ketones (excluding diaryl/α,β-unsaturated/α-hetero) is 2. The van der Waals surface area contributed by atoms with Crippen molar-refractivity contribution in [3.63, 3.8) is 0 Å². The third kappa shape index (κ3) is 2.04. The summed E-state index contributed by atoms with van der Waals surface area (Å²) in [6, 6.07) is 0. The van der Waals surface area contributed by atoms with Gasteiger partial charge in [0.2, 0.25) is 5.78 Å². The van der Waals surface area contributed by atoms with Gasteiger partial charge < -0.3 is 9.15 Å². The Balaban J connectivity index is 2.55. The first-order valence-corrected chi connectivity index (χ1v) is 6.40. The standard InChI is InChI=1S/C14H14O4S/c1-5-9(19)17-14-8(4)10-11(15)6(2)7(3)12(16)13(10)18-14/h5H2,1-4H3. The van der Waals surface area contributed by atoms with Gasteiger partial charge in [-0.15, -0.1) is 0 Å². The fraction of sp³-hybridized carbons (Fsp3) is 0.357. The van der Waals surface area contributed by atoms with Gasteiger partial charge in [-0.25, -0.2) is 0 Å². The number of carbonyl (C=O) groups is 2. The van der Waals surface area contributed by atoms with Crippen molar-refractivity contribution in [1.82, 2.24) is 0 Å². The number of allylic oxidation sites excluding steroid dienone is 2. The molecule has 2 rings (SSSR count). The van der Waals surface area contributed by atoms with E-state index in [0.717, 1.165) is 0 Å². The van der Waals surface area contributed by atoms with E-state index in [4.69, 9.17) is 21.4 Å². The van der Waals surface area contributed by atoms with Crippen molar-refractivity contribution < 1.29 is 18.7 Å². The Morgan fingerprint density at radius 2 is 1.74 bits per heavy atom.